The van der Waals surface area contributed by atoms with E-state index in [-0.39, 0.29) is 5.69 Å². The van der Waals surface area contributed by atoms with E-state index in [1.807, 2.05) is 0 Å². The highest BCUT2D eigenvalue weighted by Crippen LogP contribution is 2.19. The Morgan fingerprint density at radius 1 is 1.12 bits per heavy atom. The van der Waals surface area contributed by atoms with Gasteiger partial charge >= 0.3 is 0 Å². The number of aliphatic hydroxyl groups is 3. The van der Waals surface area contributed by atoms with Gasteiger partial charge in [0.05, 0.1) is 24.7 Å². The van der Waals surface area contributed by atoms with Crippen LogP contribution in [0.2, 0.25) is 0 Å². The molecule has 1 aromatic rings. The topological polar surface area (TPSA) is 116 Å². The molecule has 0 aromatic heterocycles. The van der Waals surface area contributed by atoms with Gasteiger partial charge in [0.15, 0.2) is 0 Å². The molecule has 7 nitrogen and oxygen atoms in total. The summed E-state index contributed by atoms with van der Waals surface area (Å²) in [6.45, 7) is -1.38. The Kier molecular flexibility index (Phi) is 4.38. The van der Waals surface area contributed by atoms with Crippen molar-refractivity contribution < 1.29 is 20.2 Å². The van der Waals surface area contributed by atoms with Crippen LogP contribution in [-0.2, 0) is 0 Å². The number of rotatable bonds is 6. The Bertz CT molecular complexity index is 367. The molecule has 0 amide bonds. The zero-order valence-corrected chi connectivity index (χ0v) is 9.04. The van der Waals surface area contributed by atoms with Crippen molar-refractivity contribution in [1.82, 2.24) is 0 Å². The van der Waals surface area contributed by atoms with Crippen LogP contribution >= 0.6 is 0 Å². The SMILES string of the molecule is O=[N+]([O-])c1ccc(NC(CO)(CO)CO)cc1. The van der Waals surface area contributed by atoms with Crippen LogP contribution in [0, 0.1) is 10.1 Å². The van der Waals surface area contributed by atoms with Crippen LogP contribution < -0.4 is 5.32 Å². The fourth-order valence-electron chi connectivity index (χ4n) is 1.24. The molecule has 17 heavy (non-hydrogen) atoms. The molecule has 7 heteroatoms. The maximum absolute atomic E-state index is 10.4. The first-order chi connectivity index (χ1) is 8.06. The van der Waals surface area contributed by atoms with Crippen molar-refractivity contribution in [3.8, 4) is 0 Å². The van der Waals surface area contributed by atoms with Gasteiger partial charge in [0.25, 0.3) is 5.69 Å². The summed E-state index contributed by atoms with van der Waals surface area (Å²) in [5.74, 6) is 0. The van der Waals surface area contributed by atoms with E-state index in [2.05, 4.69) is 5.32 Å². The molecule has 0 saturated carbocycles. The van der Waals surface area contributed by atoms with Gasteiger partial charge in [-0.3, -0.25) is 10.1 Å². The Labute approximate surface area is 97.5 Å². The highest BCUT2D eigenvalue weighted by Gasteiger charge is 2.27. The van der Waals surface area contributed by atoms with Crippen LogP contribution in [0.15, 0.2) is 24.3 Å². The number of anilines is 1. The summed E-state index contributed by atoms with van der Waals surface area (Å²) >= 11 is 0. The molecule has 0 radical (unpaired) electrons. The number of hydrogen-bond acceptors (Lipinski definition) is 6. The number of nitro groups is 1. The quantitative estimate of drug-likeness (QED) is 0.403. The van der Waals surface area contributed by atoms with Crippen LogP contribution in [0.3, 0.4) is 0 Å². The largest absolute Gasteiger partial charge is 0.394 e. The first-order valence-corrected chi connectivity index (χ1v) is 4.92. The van der Waals surface area contributed by atoms with E-state index < -0.39 is 30.3 Å². The molecule has 4 N–H and O–H groups in total. The van der Waals surface area contributed by atoms with Gasteiger partial charge in [-0.05, 0) is 12.1 Å². The number of nitrogens with one attached hydrogen (secondary N) is 1. The molecule has 0 aliphatic rings. The Hall–Kier alpha value is -1.70. The van der Waals surface area contributed by atoms with E-state index in [0.717, 1.165) is 0 Å². The van der Waals surface area contributed by atoms with E-state index in [1.165, 1.54) is 24.3 Å². The lowest BCUT2D eigenvalue weighted by Gasteiger charge is -2.29. The van der Waals surface area contributed by atoms with Crippen LogP contribution in [0.1, 0.15) is 0 Å². The van der Waals surface area contributed by atoms with E-state index in [4.69, 9.17) is 15.3 Å². The van der Waals surface area contributed by atoms with Gasteiger partial charge in [-0.25, -0.2) is 0 Å². The summed E-state index contributed by atoms with van der Waals surface area (Å²) < 4.78 is 0. The molecule has 0 heterocycles. The molecule has 0 fully saturated rings. The van der Waals surface area contributed by atoms with Crippen LogP contribution in [0.4, 0.5) is 11.4 Å². The molecular formula is C10H14N2O5. The molecular weight excluding hydrogens is 228 g/mol. The van der Waals surface area contributed by atoms with Crippen LogP contribution in [0.5, 0.6) is 0 Å². The third kappa shape index (κ3) is 3.13. The fraction of sp³-hybridized carbons (Fsp3) is 0.400. The molecule has 0 unspecified atom stereocenters. The normalized spacial score (nSPS) is 11.2. The van der Waals surface area contributed by atoms with Gasteiger partial charge in [-0.1, -0.05) is 0 Å². The van der Waals surface area contributed by atoms with Gasteiger partial charge < -0.3 is 20.6 Å². The maximum Gasteiger partial charge on any atom is 0.269 e. The average molecular weight is 242 g/mol. The minimum Gasteiger partial charge on any atom is -0.394 e. The number of nitro benzene ring substituents is 1. The second kappa shape index (κ2) is 5.58. The number of nitrogens with zero attached hydrogens (tertiary/aromatic N) is 1. The highest BCUT2D eigenvalue weighted by molar-refractivity contribution is 5.50. The smallest absolute Gasteiger partial charge is 0.269 e. The third-order valence-electron chi connectivity index (χ3n) is 2.40. The predicted molar refractivity (Wildman–Crippen MR) is 60.7 cm³/mol. The molecule has 0 aliphatic carbocycles. The molecule has 0 aliphatic heterocycles. The first-order valence-electron chi connectivity index (χ1n) is 4.92. The molecule has 0 bridgehead atoms. The van der Waals surface area contributed by atoms with Gasteiger partial charge in [-0.15, -0.1) is 0 Å². The minimum atomic E-state index is -1.24. The lowest BCUT2D eigenvalue weighted by molar-refractivity contribution is -0.384. The van der Waals surface area contributed by atoms with Crippen molar-refractivity contribution in [3.63, 3.8) is 0 Å². The van der Waals surface area contributed by atoms with Crippen LogP contribution in [-0.4, -0.2) is 45.6 Å². The number of aliphatic hydroxyl groups excluding tert-OH is 3. The van der Waals surface area contributed by atoms with E-state index in [9.17, 15) is 10.1 Å². The van der Waals surface area contributed by atoms with E-state index >= 15 is 0 Å². The standard InChI is InChI=1S/C10H14N2O5/c13-5-10(6-14,7-15)11-8-1-3-9(4-2-8)12(16)17/h1-4,11,13-15H,5-7H2. The summed E-state index contributed by atoms with van der Waals surface area (Å²) in [4.78, 5) is 9.90. The second-order valence-corrected chi connectivity index (χ2v) is 3.68. The molecule has 1 rings (SSSR count). The number of non-ortho nitro benzene ring substituents is 1. The maximum atomic E-state index is 10.4. The average Bonchev–Trinajstić information content (AvgIpc) is 2.37. The van der Waals surface area contributed by atoms with E-state index in [1.54, 1.807) is 0 Å². The van der Waals surface area contributed by atoms with Gasteiger partial charge in [0, 0.05) is 17.8 Å². The van der Waals surface area contributed by atoms with Gasteiger partial charge in [-0.2, -0.15) is 0 Å². The zero-order chi connectivity index (χ0) is 12.9. The summed E-state index contributed by atoms with van der Waals surface area (Å²) in [6.07, 6.45) is 0. The first kappa shape index (κ1) is 13.4. The highest BCUT2D eigenvalue weighted by atomic mass is 16.6. The third-order valence-corrected chi connectivity index (χ3v) is 2.40. The van der Waals surface area contributed by atoms with Gasteiger partial charge in [0.1, 0.15) is 5.54 Å². The second-order valence-electron chi connectivity index (χ2n) is 3.68. The summed E-state index contributed by atoms with van der Waals surface area (Å²) in [5.41, 5.74) is -0.832. The Balaban J connectivity index is 2.84. The van der Waals surface area contributed by atoms with Crippen molar-refractivity contribution in [2.75, 3.05) is 25.1 Å². The number of benzene rings is 1. The molecule has 0 atom stereocenters. The lowest BCUT2D eigenvalue weighted by atomic mass is 10.0. The lowest BCUT2D eigenvalue weighted by Crippen LogP contribution is -2.49. The van der Waals surface area contributed by atoms with Crippen LogP contribution in [0.25, 0.3) is 0 Å². The van der Waals surface area contributed by atoms with Crippen molar-refractivity contribution in [3.05, 3.63) is 34.4 Å². The predicted octanol–water partition coefficient (Wildman–Crippen LogP) is -0.278. The van der Waals surface area contributed by atoms with Crippen molar-refractivity contribution in [2.24, 2.45) is 0 Å². The Morgan fingerprint density at radius 2 is 1.59 bits per heavy atom. The molecule has 0 saturated heterocycles. The fourth-order valence-corrected chi connectivity index (χ4v) is 1.24. The number of hydrogen-bond donors (Lipinski definition) is 4. The summed E-state index contributed by atoms with van der Waals surface area (Å²) in [6, 6.07) is 5.46. The minimum absolute atomic E-state index is 0.0573. The zero-order valence-electron chi connectivity index (χ0n) is 9.04. The Morgan fingerprint density at radius 3 is 1.94 bits per heavy atom. The summed E-state index contributed by atoms with van der Waals surface area (Å²) in [5, 5.41) is 40.4. The van der Waals surface area contributed by atoms with Crippen molar-refractivity contribution in [1.29, 1.82) is 0 Å². The molecule has 94 valence electrons. The molecule has 0 spiro atoms. The van der Waals surface area contributed by atoms with E-state index in [0.29, 0.717) is 5.69 Å². The van der Waals surface area contributed by atoms with Gasteiger partial charge in [0.2, 0.25) is 0 Å². The molecule has 1 aromatic carbocycles. The van der Waals surface area contributed by atoms with Crippen molar-refractivity contribution >= 4 is 11.4 Å². The monoisotopic (exact) mass is 242 g/mol. The van der Waals surface area contributed by atoms with Crippen molar-refractivity contribution in [2.45, 2.75) is 5.54 Å². The summed E-state index contributed by atoms with van der Waals surface area (Å²) in [7, 11) is 0.